The highest BCUT2D eigenvalue weighted by Gasteiger charge is 2.13. The molecular weight excluding hydrogens is 406 g/mol. The summed E-state index contributed by atoms with van der Waals surface area (Å²) in [5, 5.41) is 0. The first-order valence-electron chi connectivity index (χ1n) is 7.92. The number of hydrogen-bond acceptors (Lipinski definition) is 4. The van der Waals surface area contributed by atoms with Gasteiger partial charge in [-0.15, -0.1) is 0 Å². The van der Waals surface area contributed by atoms with Crippen molar-refractivity contribution in [2.24, 2.45) is 4.40 Å². The number of nitrogens with zero attached hydrogens (tertiary/aromatic N) is 1. The fourth-order valence-electron chi connectivity index (χ4n) is 2.05. The Morgan fingerprint density at radius 3 is 2.48 bits per heavy atom. The molecule has 0 amide bonds. The van der Waals surface area contributed by atoms with E-state index in [-0.39, 0.29) is 4.90 Å². The molecule has 0 aromatic heterocycles. The van der Waals surface area contributed by atoms with Crippen LogP contribution in [-0.2, 0) is 10.0 Å². The molecule has 0 saturated heterocycles. The Balaban J connectivity index is 2.33. The van der Waals surface area contributed by atoms with Crippen LogP contribution in [0.4, 0.5) is 0 Å². The van der Waals surface area contributed by atoms with Crippen LogP contribution in [0.25, 0.3) is 0 Å². The maximum Gasteiger partial charge on any atom is 0.282 e. The van der Waals surface area contributed by atoms with E-state index >= 15 is 0 Å². The first kappa shape index (κ1) is 19.5. The Hall–Kier alpha value is -1.86. The van der Waals surface area contributed by atoms with Crippen molar-refractivity contribution >= 4 is 32.2 Å². The van der Waals surface area contributed by atoms with E-state index in [1.165, 1.54) is 18.3 Å². The molecule has 0 spiro atoms. The van der Waals surface area contributed by atoms with Crippen LogP contribution in [0.1, 0.15) is 25.8 Å². The van der Waals surface area contributed by atoms with Gasteiger partial charge in [0.05, 0.1) is 22.6 Å². The molecule has 5 nitrogen and oxygen atoms in total. The van der Waals surface area contributed by atoms with Crippen molar-refractivity contribution in [1.29, 1.82) is 0 Å². The van der Waals surface area contributed by atoms with Crippen molar-refractivity contribution in [3.05, 3.63) is 52.5 Å². The van der Waals surface area contributed by atoms with Crippen LogP contribution < -0.4 is 9.47 Å². The van der Waals surface area contributed by atoms with Gasteiger partial charge in [0.1, 0.15) is 0 Å². The third-order valence-electron chi connectivity index (χ3n) is 3.16. The fraction of sp³-hybridized carbons (Fsp3) is 0.278. The molecule has 0 radical (unpaired) electrons. The lowest BCUT2D eigenvalue weighted by atomic mass is 10.2. The second kappa shape index (κ2) is 9.01. The summed E-state index contributed by atoms with van der Waals surface area (Å²) in [7, 11) is -3.74. The number of sulfonamides is 1. The van der Waals surface area contributed by atoms with Crippen molar-refractivity contribution in [2.75, 3.05) is 13.2 Å². The molecule has 0 N–H and O–H groups in total. The van der Waals surface area contributed by atoms with Crippen LogP contribution in [0.2, 0.25) is 0 Å². The molecule has 0 fully saturated rings. The average molecular weight is 426 g/mol. The van der Waals surface area contributed by atoms with Crippen molar-refractivity contribution in [3.8, 4) is 11.5 Å². The van der Waals surface area contributed by atoms with E-state index in [1.807, 2.05) is 13.8 Å². The van der Waals surface area contributed by atoms with E-state index in [2.05, 4.69) is 20.3 Å². The molecule has 0 heterocycles. The predicted molar refractivity (Wildman–Crippen MR) is 102 cm³/mol. The smallest absolute Gasteiger partial charge is 0.282 e. The van der Waals surface area contributed by atoms with Crippen LogP contribution in [0.5, 0.6) is 11.5 Å². The van der Waals surface area contributed by atoms with Crippen molar-refractivity contribution in [3.63, 3.8) is 0 Å². The van der Waals surface area contributed by atoms with Crippen molar-refractivity contribution < 1.29 is 17.9 Å². The van der Waals surface area contributed by atoms with E-state index in [1.54, 1.807) is 30.3 Å². The van der Waals surface area contributed by atoms with Crippen LogP contribution >= 0.6 is 15.9 Å². The van der Waals surface area contributed by atoms with Gasteiger partial charge in [-0.2, -0.15) is 12.8 Å². The monoisotopic (exact) mass is 425 g/mol. The second-order valence-corrected chi connectivity index (χ2v) is 7.62. The standard InChI is InChI=1S/C18H20BrNO4S/c1-3-10-24-18-16(19)11-14(12-17(18)23-4-2)13-20-25(21,22)15-8-6-5-7-9-15/h5-9,11-13H,3-4,10H2,1-2H3/b20-13-. The average Bonchev–Trinajstić information content (AvgIpc) is 2.60. The van der Waals surface area contributed by atoms with Gasteiger partial charge >= 0.3 is 0 Å². The fourth-order valence-corrected chi connectivity index (χ4v) is 3.51. The summed E-state index contributed by atoms with van der Waals surface area (Å²) < 4.78 is 40.2. The quantitative estimate of drug-likeness (QED) is 0.586. The Morgan fingerprint density at radius 2 is 1.84 bits per heavy atom. The molecule has 2 aromatic carbocycles. The maximum atomic E-state index is 12.2. The van der Waals surface area contributed by atoms with Gasteiger partial charge in [-0.05, 0) is 59.1 Å². The summed E-state index contributed by atoms with van der Waals surface area (Å²) >= 11 is 3.45. The number of hydrogen-bond donors (Lipinski definition) is 0. The highest BCUT2D eigenvalue weighted by molar-refractivity contribution is 9.10. The van der Waals surface area contributed by atoms with Crippen LogP contribution in [0.3, 0.4) is 0 Å². The molecule has 0 saturated carbocycles. The van der Waals surface area contributed by atoms with Crippen LogP contribution in [-0.4, -0.2) is 27.8 Å². The molecule has 2 aromatic rings. The lowest BCUT2D eigenvalue weighted by molar-refractivity contribution is 0.275. The second-order valence-electron chi connectivity index (χ2n) is 5.13. The maximum absolute atomic E-state index is 12.2. The molecule has 0 bridgehead atoms. The number of rotatable bonds is 8. The zero-order chi connectivity index (χ0) is 18.3. The zero-order valence-electron chi connectivity index (χ0n) is 14.1. The molecule has 0 aliphatic heterocycles. The number of ether oxygens (including phenoxy) is 2. The van der Waals surface area contributed by atoms with Crippen LogP contribution in [0, 0.1) is 0 Å². The van der Waals surface area contributed by atoms with Gasteiger partial charge in [-0.1, -0.05) is 25.1 Å². The summed E-state index contributed by atoms with van der Waals surface area (Å²) in [5.74, 6) is 1.15. The normalized spacial score (nSPS) is 11.6. The molecule has 7 heteroatoms. The minimum absolute atomic E-state index is 0.151. The Bertz CT molecular complexity index is 836. The van der Waals surface area contributed by atoms with E-state index < -0.39 is 10.0 Å². The Kier molecular flexibility index (Phi) is 7.01. The topological polar surface area (TPSA) is 65.0 Å². The van der Waals surface area contributed by atoms with Crippen molar-refractivity contribution in [1.82, 2.24) is 0 Å². The summed E-state index contributed by atoms with van der Waals surface area (Å²) in [4.78, 5) is 0.151. The highest BCUT2D eigenvalue weighted by Crippen LogP contribution is 2.36. The molecule has 2 rings (SSSR count). The van der Waals surface area contributed by atoms with Gasteiger partial charge in [-0.3, -0.25) is 0 Å². The van der Waals surface area contributed by atoms with Gasteiger partial charge in [0, 0.05) is 6.21 Å². The summed E-state index contributed by atoms with van der Waals surface area (Å²) in [5.41, 5.74) is 0.596. The summed E-state index contributed by atoms with van der Waals surface area (Å²) in [6.07, 6.45) is 2.18. The SMILES string of the molecule is CCCOc1c(Br)cc(/C=N\S(=O)(=O)c2ccccc2)cc1OCC. The molecule has 0 atom stereocenters. The van der Waals surface area contributed by atoms with Gasteiger partial charge in [0.15, 0.2) is 11.5 Å². The predicted octanol–water partition coefficient (Wildman–Crippen LogP) is 4.44. The third-order valence-corrected chi connectivity index (χ3v) is 5.00. The third kappa shape index (κ3) is 5.31. The highest BCUT2D eigenvalue weighted by atomic mass is 79.9. The lowest BCUT2D eigenvalue weighted by Crippen LogP contribution is -2.02. The van der Waals surface area contributed by atoms with Gasteiger partial charge < -0.3 is 9.47 Å². The van der Waals surface area contributed by atoms with Crippen molar-refractivity contribution in [2.45, 2.75) is 25.2 Å². The number of benzene rings is 2. The van der Waals surface area contributed by atoms with E-state index in [9.17, 15) is 8.42 Å². The lowest BCUT2D eigenvalue weighted by Gasteiger charge is -2.14. The molecule has 25 heavy (non-hydrogen) atoms. The number of halogens is 1. The molecular formula is C18H20BrNO4S. The minimum Gasteiger partial charge on any atom is -0.490 e. The first-order chi connectivity index (χ1) is 12.0. The molecule has 0 unspecified atom stereocenters. The van der Waals surface area contributed by atoms with Gasteiger partial charge in [-0.25, -0.2) is 0 Å². The zero-order valence-corrected chi connectivity index (χ0v) is 16.5. The first-order valence-corrected chi connectivity index (χ1v) is 10.2. The molecule has 0 aliphatic carbocycles. The van der Waals surface area contributed by atoms with E-state index in [0.29, 0.717) is 34.7 Å². The van der Waals surface area contributed by atoms with Gasteiger partial charge in [0.25, 0.3) is 10.0 Å². The van der Waals surface area contributed by atoms with Crippen LogP contribution in [0.15, 0.2) is 56.2 Å². The summed E-state index contributed by atoms with van der Waals surface area (Å²) in [6, 6.07) is 11.5. The Morgan fingerprint density at radius 1 is 1.12 bits per heavy atom. The van der Waals surface area contributed by atoms with E-state index in [4.69, 9.17) is 9.47 Å². The molecule has 134 valence electrons. The van der Waals surface area contributed by atoms with Gasteiger partial charge in [0.2, 0.25) is 0 Å². The van der Waals surface area contributed by atoms with E-state index in [0.717, 1.165) is 6.42 Å². The largest absolute Gasteiger partial charge is 0.490 e. The molecule has 0 aliphatic rings. The minimum atomic E-state index is -3.74. The summed E-state index contributed by atoms with van der Waals surface area (Å²) in [6.45, 7) is 4.92. The Labute approximate surface area is 156 Å².